The van der Waals surface area contributed by atoms with Gasteiger partial charge in [-0.25, -0.2) is 0 Å². The number of fused-ring (bicyclic) bond motifs is 3. The average molecular weight is 392 g/mol. The number of allylic oxidation sites excluding steroid dienone is 3. The van der Waals surface area contributed by atoms with Crippen molar-refractivity contribution < 1.29 is 18.3 Å². The smallest absolute Gasteiger partial charge is 0.396 e. The van der Waals surface area contributed by atoms with Crippen molar-refractivity contribution in [1.82, 2.24) is 5.32 Å². The van der Waals surface area contributed by atoms with Gasteiger partial charge in [0.15, 0.2) is 0 Å². The van der Waals surface area contributed by atoms with Gasteiger partial charge < -0.3 is 15.7 Å². The second kappa shape index (κ2) is 7.91. The van der Waals surface area contributed by atoms with Crippen LogP contribution in [0.1, 0.15) is 42.7 Å². The molecular formula is C22H27F3N2O. The summed E-state index contributed by atoms with van der Waals surface area (Å²) in [4.78, 5) is 0. The van der Waals surface area contributed by atoms with E-state index in [1.807, 2.05) is 6.08 Å². The van der Waals surface area contributed by atoms with E-state index in [2.05, 4.69) is 28.9 Å². The normalized spacial score (nSPS) is 31.4. The molecule has 1 aliphatic heterocycles. The van der Waals surface area contributed by atoms with Crippen molar-refractivity contribution in [2.24, 2.45) is 11.8 Å². The number of alkyl halides is 3. The molecule has 3 nitrogen and oxygen atoms in total. The molecule has 1 unspecified atom stereocenters. The lowest BCUT2D eigenvalue weighted by Crippen LogP contribution is -2.41. The number of halogens is 3. The fraction of sp³-hybridized carbons (Fsp3) is 0.545. The highest BCUT2D eigenvalue weighted by atomic mass is 19.4. The molecule has 1 heterocycles. The van der Waals surface area contributed by atoms with E-state index in [0.29, 0.717) is 18.3 Å². The number of hydrogen-bond acceptors (Lipinski definition) is 3. The third kappa shape index (κ3) is 3.85. The molecule has 0 aromatic heterocycles. The lowest BCUT2D eigenvalue weighted by Gasteiger charge is -2.41. The molecule has 3 aliphatic rings. The summed E-state index contributed by atoms with van der Waals surface area (Å²) >= 11 is 0. The molecular weight excluding hydrogens is 365 g/mol. The van der Waals surface area contributed by atoms with Gasteiger partial charge in [0.2, 0.25) is 0 Å². The summed E-state index contributed by atoms with van der Waals surface area (Å²) in [5, 5.41) is 16.1. The first-order valence-electron chi connectivity index (χ1n) is 10.1. The maximum Gasteiger partial charge on any atom is 0.416 e. The van der Waals surface area contributed by atoms with Gasteiger partial charge in [0.05, 0.1) is 5.56 Å². The summed E-state index contributed by atoms with van der Waals surface area (Å²) in [7, 11) is 0. The third-order valence-electron chi connectivity index (χ3n) is 6.42. The first-order chi connectivity index (χ1) is 13.5. The highest BCUT2D eigenvalue weighted by Gasteiger charge is 2.46. The number of nitrogens with one attached hydrogen (secondary N) is 2. The van der Waals surface area contributed by atoms with Crippen LogP contribution in [-0.2, 0) is 6.18 Å². The topological polar surface area (TPSA) is 44.3 Å². The Balaban J connectivity index is 1.63. The molecule has 0 radical (unpaired) electrons. The maximum atomic E-state index is 13.3. The largest absolute Gasteiger partial charge is 0.416 e. The zero-order valence-corrected chi connectivity index (χ0v) is 15.8. The molecule has 1 saturated carbocycles. The second-order valence-corrected chi connectivity index (χ2v) is 8.15. The van der Waals surface area contributed by atoms with Crippen molar-refractivity contribution in [2.45, 2.75) is 49.9 Å². The van der Waals surface area contributed by atoms with Crippen molar-refractivity contribution in [1.29, 1.82) is 0 Å². The monoisotopic (exact) mass is 392 g/mol. The second-order valence-electron chi connectivity index (χ2n) is 8.15. The molecule has 0 amide bonds. The molecule has 28 heavy (non-hydrogen) atoms. The average Bonchev–Trinajstić information content (AvgIpc) is 3.11. The molecule has 4 rings (SSSR count). The molecule has 1 aromatic rings. The standard InChI is InChI=1S/C22H27F3N2O/c23-22(24,25)15-7-8-20-18(11-15)17-12-16(26-9-4-10-28)13-19(17)21(27-20)14-5-2-1-3-6-14/h1-3,5,7-8,11,14,16-17,19,21,26-28H,4,6,9-10,12-13H2/t14?,16-,17-,19-,21+/m1/s1. The zero-order chi connectivity index (χ0) is 19.7. The maximum absolute atomic E-state index is 13.3. The lowest BCUT2D eigenvalue weighted by molar-refractivity contribution is -0.137. The first kappa shape index (κ1) is 19.5. The number of aliphatic hydroxyl groups excluding tert-OH is 1. The number of anilines is 1. The summed E-state index contributed by atoms with van der Waals surface area (Å²) in [5.41, 5.74) is 1.08. The van der Waals surface area contributed by atoms with Crippen molar-refractivity contribution in [3.63, 3.8) is 0 Å². The summed E-state index contributed by atoms with van der Waals surface area (Å²) in [6, 6.07) is 4.64. The Morgan fingerprint density at radius 3 is 2.75 bits per heavy atom. The van der Waals surface area contributed by atoms with E-state index in [1.165, 1.54) is 12.1 Å². The number of rotatable bonds is 5. The van der Waals surface area contributed by atoms with Crippen LogP contribution in [0.25, 0.3) is 0 Å². The van der Waals surface area contributed by atoms with Gasteiger partial charge in [-0.1, -0.05) is 24.3 Å². The van der Waals surface area contributed by atoms with E-state index in [9.17, 15) is 13.2 Å². The summed E-state index contributed by atoms with van der Waals surface area (Å²) in [6.07, 6.45) is 7.61. The van der Waals surface area contributed by atoms with E-state index >= 15 is 0 Å². The fourth-order valence-electron chi connectivity index (χ4n) is 5.13. The third-order valence-corrected chi connectivity index (χ3v) is 6.42. The Bertz CT molecular complexity index is 759. The van der Waals surface area contributed by atoms with E-state index in [0.717, 1.165) is 37.1 Å². The first-order valence-corrected chi connectivity index (χ1v) is 10.1. The minimum absolute atomic E-state index is 0.120. The Morgan fingerprint density at radius 2 is 2.04 bits per heavy atom. The fourth-order valence-corrected chi connectivity index (χ4v) is 5.13. The van der Waals surface area contributed by atoms with E-state index < -0.39 is 11.7 Å². The van der Waals surface area contributed by atoms with Crippen LogP contribution < -0.4 is 10.6 Å². The zero-order valence-electron chi connectivity index (χ0n) is 15.8. The van der Waals surface area contributed by atoms with Gasteiger partial charge in [-0.3, -0.25) is 0 Å². The van der Waals surface area contributed by atoms with Gasteiger partial charge in [0, 0.05) is 30.3 Å². The van der Waals surface area contributed by atoms with Crippen molar-refractivity contribution >= 4 is 5.69 Å². The number of aliphatic hydroxyl groups is 1. The Morgan fingerprint density at radius 1 is 1.18 bits per heavy atom. The SMILES string of the molecule is OCCCN[C@H]1C[C@@H]2[C@H](C1)c1cc(C(F)(F)F)ccc1N[C@H]2C1C=CC=CC1. The van der Waals surface area contributed by atoms with Crippen LogP contribution in [0.15, 0.2) is 42.5 Å². The van der Waals surface area contributed by atoms with Crippen LogP contribution in [0.5, 0.6) is 0 Å². The minimum atomic E-state index is -4.32. The minimum Gasteiger partial charge on any atom is -0.396 e. The molecule has 3 N–H and O–H groups in total. The Labute approximate surface area is 163 Å². The van der Waals surface area contributed by atoms with E-state index in [4.69, 9.17) is 5.11 Å². The highest BCUT2D eigenvalue weighted by Crippen LogP contribution is 2.51. The van der Waals surface area contributed by atoms with Crippen molar-refractivity contribution in [2.75, 3.05) is 18.5 Å². The summed E-state index contributed by atoms with van der Waals surface area (Å²) < 4.78 is 39.8. The molecule has 1 aromatic carbocycles. The molecule has 0 saturated heterocycles. The Hall–Kier alpha value is -1.79. The summed E-state index contributed by atoms with van der Waals surface area (Å²) in [6.45, 7) is 0.883. The van der Waals surface area contributed by atoms with Gasteiger partial charge in [-0.15, -0.1) is 0 Å². The molecule has 5 atom stereocenters. The van der Waals surface area contributed by atoms with Crippen LogP contribution in [0.2, 0.25) is 0 Å². The van der Waals surface area contributed by atoms with Gasteiger partial charge >= 0.3 is 6.18 Å². The van der Waals surface area contributed by atoms with Crippen LogP contribution in [0, 0.1) is 11.8 Å². The predicted molar refractivity (Wildman–Crippen MR) is 104 cm³/mol. The molecule has 2 aliphatic carbocycles. The van der Waals surface area contributed by atoms with Gasteiger partial charge in [0.25, 0.3) is 0 Å². The number of hydrogen-bond donors (Lipinski definition) is 3. The van der Waals surface area contributed by atoms with Gasteiger partial charge in [-0.05, 0) is 67.8 Å². The van der Waals surface area contributed by atoms with Crippen LogP contribution >= 0.6 is 0 Å². The van der Waals surface area contributed by atoms with Crippen molar-refractivity contribution in [3.05, 3.63) is 53.6 Å². The van der Waals surface area contributed by atoms with Gasteiger partial charge in [0.1, 0.15) is 0 Å². The number of benzene rings is 1. The van der Waals surface area contributed by atoms with Crippen molar-refractivity contribution in [3.8, 4) is 0 Å². The summed E-state index contributed by atoms with van der Waals surface area (Å²) in [5.74, 6) is 0.766. The van der Waals surface area contributed by atoms with Crippen LogP contribution in [0.3, 0.4) is 0 Å². The molecule has 0 bridgehead atoms. The van der Waals surface area contributed by atoms with Crippen LogP contribution in [0.4, 0.5) is 18.9 Å². The predicted octanol–water partition coefficient (Wildman–Crippen LogP) is 4.47. The lowest BCUT2D eigenvalue weighted by atomic mass is 9.73. The molecule has 6 heteroatoms. The Kier molecular flexibility index (Phi) is 5.52. The molecule has 152 valence electrons. The highest BCUT2D eigenvalue weighted by molar-refractivity contribution is 5.59. The van der Waals surface area contributed by atoms with Crippen LogP contribution in [-0.4, -0.2) is 30.3 Å². The van der Waals surface area contributed by atoms with E-state index in [-0.39, 0.29) is 24.6 Å². The molecule has 0 spiro atoms. The van der Waals surface area contributed by atoms with Gasteiger partial charge in [-0.2, -0.15) is 13.2 Å². The van der Waals surface area contributed by atoms with E-state index in [1.54, 1.807) is 6.07 Å². The molecule has 1 fully saturated rings. The quantitative estimate of drug-likeness (QED) is 0.648.